The fourth-order valence-electron chi connectivity index (χ4n) is 3.25. The van der Waals surface area contributed by atoms with Crippen molar-refractivity contribution in [2.75, 3.05) is 18.0 Å². The fraction of sp³-hybridized carbons (Fsp3) is 0.238. The number of hydrogen-bond acceptors (Lipinski definition) is 5. The maximum Gasteiger partial charge on any atom is 0.365 e. The highest BCUT2D eigenvalue weighted by molar-refractivity contribution is 7.11. The SMILES string of the molecule is O=C(Oc1ccccc1-c1ccccc1)c1nsc(N2CCCCC2)c1Cl. The molecule has 1 aromatic heterocycles. The van der Waals surface area contributed by atoms with E-state index in [0.29, 0.717) is 10.8 Å². The van der Waals surface area contributed by atoms with Crippen LogP contribution in [0.1, 0.15) is 29.8 Å². The number of anilines is 1. The van der Waals surface area contributed by atoms with Crippen LogP contribution < -0.4 is 9.64 Å². The first kappa shape index (κ1) is 18.0. The predicted octanol–water partition coefficient (Wildman–Crippen LogP) is 5.67. The summed E-state index contributed by atoms with van der Waals surface area (Å²) in [5.41, 5.74) is 2.03. The molecule has 1 aliphatic rings. The van der Waals surface area contributed by atoms with Gasteiger partial charge >= 0.3 is 5.97 Å². The van der Waals surface area contributed by atoms with Crippen LogP contribution in [0, 0.1) is 0 Å². The molecule has 4 nitrogen and oxygen atoms in total. The molecule has 1 saturated heterocycles. The first-order chi connectivity index (χ1) is 13.2. The highest BCUT2D eigenvalue weighted by atomic mass is 35.5. The highest BCUT2D eigenvalue weighted by Gasteiger charge is 2.25. The second-order valence-electron chi connectivity index (χ2n) is 6.45. The number of aromatic nitrogens is 1. The molecule has 0 bridgehead atoms. The third kappa shape index (κ3) is 3.84. The summed E-state index contributed by atoms with van der Waals surface area (Å²) >= 11 is 7.75. The van der Waals surface area contributed by atoms with Gasteiger partial charge in [-0.1, -0.05) is 60.1 Å². The minimum absolute atomic E-state index is 0.185. The fourth-order valence-corrected chi connectivity index (χ4v) is 4.46. The van der Waals surface area contributed by atoms with E-state index in [1.165, 1.54) is 18.0 Å². The third-order valence-electron chi connectivity index (χ3n) is 4.63. The molecule has 0 aliphatic carbocycles. The Morgan fingerprint density at radius 1 is 1.00 bits per heavy atom. The molecule has 3 aromatic rings. The second-order valence-corrected chi connectivity index (χ2v) is 7.58. The van der Waals surface area contributed by atoms with Crippen molar-refractivity contribution in [1.29, 1.82) is 0 Å². The molecule has 0 spiro atoms. The molecule has 1 aliphatic heterocycles. The Morgan fingerprint density at radius 3 is 2.48 bits per heavy atom. The summed E-state index contributed by atoms with van der Waals surface area (Å²) < 4.78 is 9.95. The Morgan fingerprint density at radius 2 is 1.70 bits per heavy atom. The zero-order chi connectivity index (χ0) is 18.6. The number of hydrogen-bond donors (Lipinski definition) is 0. The maximum atomic E-state index is 12.7. The molecule has 0 N–H and O–H groups in total. The molecule has 2 heterocycles. The van der Waals surface area contributed by atoms with Crippen LogP contribution in [0.25, 0.3) is 11.1 Å². The largest absolute Gasteiger partial charge is 0.421 e. The molecule has 0 unspecified atom stereocenters. The lowest BCUT2D eigenvalue weighted by Crippen LogP contribution is -2.28. The molecule has 4 rings (SSSR count). The van der Waals surface area contributed by atoms with E-state index >= 15 is 0 Å². The lowest BCUT2D eigenvalue weighted by molar-refractivity contribution is 0.0731. The number of nitrogens with zero attached hydrogens (tertiary/aromatic N) is 2. The average molecular weight is 399 g/mol. The van der Waals surface area contributed by atoms with Crippen LogP contribution in [0.5, 0.6) is 5.75 Å². The zero-order valence-corrected chi connectivity index (χ0v) is 16.3. The number of ether oxygens (including phenoxy) is 1. The van der Waals surface area contributed by atoms with Crippen molar-refractivity contribution in [2.24, 2.45) is 0 Å². The summed E-state index contributed by atoms with van der Waals surface area (Å²) in [5, 5.41) is 1.25. The van der Waals surface area contributed by atoms with E-state index in [4.69, 9.17) is 16.3 Å². The van der Waals surface area contributed by atoms with Crippen LogP contribution in [0.4, 0.5) is 5.00 Å². The first-order valence-corrected chi connectivity index (χ1v) is 10.2. The first-order valence-electron chi connectivity index (χ1n) is 9.01. The molecular formula is C21H19ClN2O2S. The van der Waals surface area contributed by atoms with Gasteiger partial charge in [-0.25, -0.2) is 4.79 Å². The van der Waals surface area contributed by atoms with Gasteiger partial charge in [-0.2, -0.15) is 4.37 Å². The van der Waals surface area contributed by atoms with Crippen molar-refractivity contribution >= 4 is 34.1 Å². The minimum Gasteiger partial charge on any atom is -0.421 e. The Kier molecular flexibility index (Phi) is 5.41. The van der Waals surface area contributed by atoms with Crippen LogP contribution in [-0.4, -0.2) is 23.4 Å². The Labute approximate surface area is 167 Å². The summed E-state index contributed by atoms with van der Waals surface area (Å²) in [4.78, 5) is 14.9. The monoisotopic (exact) mass is 398 g/mol. The van der Waals surface area contributed by atoms with E-state index in [1.54, 1.807) is 6.07 Å². The number of para-hydroxylation sites is 1. The van der Waals surface area contributed by atoms with E-state index in [2.05, 4.69) is 9.27 Å². The lowest BCUT2D eigenvalue weighted by atomic mass is 10.1. The molecule has 6 heteroatoms. The normalized spacial score (nSPS) is 14.2. The van der Waals surface area contributed by atoms with Crippen LogP contribution in [0.2, 0.25) is 5.02 Å². The van der Waals surface area contributed by atoms with Crippen LogP contribution in [0.15, 0.2) is 54.6 Å². The number of rotatable bonds is 4. The van der Waals surface area contributed by atoms with E-state index < -0.39 is 5.97 Å². The number of piperidine rings is 1. The minimum atomic E-state index is -0.525. The van der Waals surface area contributed by atoms with Gasteiger partial charge in [0.15, 0.2) is 5.69 Å². The maximum absolute atomic E-state index is 12.7. The van der Waals surface area contributed by atoms with Crippen molar-refractivity contribution in [1.82, 2.24) is 4.37 Å². The van der Waals surface area contributed by atoms with Crippen molar-refractivity contribution in [3.8, 4) is 16.9 Å². The van der Waals surface area contributed by atoms with Crippen molar-refractivity contribution in [2.45, 2.75) is 19.3 Å². The van der Waals surface area contributed by atoms with Gasteiger partial charge in [0.1, 0.15) is 15.8 Å². The number of carbonyl (C=O) groups excluding carboxylic acids is 1. The van der Waals surface area contributed by atoms with Gasteiger partial charge in [-0.15, -0.1) is 0 Å². The van der Waals surface area contributed by atoms with Gasteiger partial charge in [0.25, 0.3) is 0 Å². The Bertz CT molecular complexity index is 936. The summed E-state index contributed by atoms with van der Waals surface area (Å²) in [6.07, 6.45) is 3.51. The van der Waals surface area contributed by atoms with Gasteiger partial charge < -0.3 is 9.64 Å². The van der Waals surface area contributed by atoms with Gasteiger partial charge in [0.05, 0.1) is 0 Å². The van der Waals surface area contributed by atoms with Gasteiger partial charge in [-0.05, 0) is 42.4 Å². The number of halogens is 1. The lowest BCUT2D eigenvalue weighted by Gasteiger charge is -2.27. The second kappa shape index (κ2) is 8.11. The third-order valence-corrected chi connectivity index (χ3v) is 6.01. The zero-order valence-electron chi connectivity index (χ0n) is 14.7. The standard InChI is InChI=1S/C21H19ClN2O2S/c22-18-19(23-27-20(18)24-13-7-2-8-14-24)21(25)26-17-12-6-5-11-16(17)15-9-3-1-4-10-15/h1,3-6,9-12H,2,7-8,13-14H2. The molecule has 1 fully saturated rings. The molecule has 0 saturated carbocycles. The Balaban J connectivity index is 1.58. The van der Waals surface area contributed by atoms with Gasteiger partial charge in [-0.3, -0.25) is 0 Å². The van der Waals surface area contributed by atoms with Crippen LogP contribution >= 0.6 is 23.1 Å². The van der Waals surface area contributed by atoms with Crippen LogP contribution in [0.3, 0.4) is 0 Å². The summed E-state index contributed by atoms with van der Waals surface area (Å²) in [7, 11) is 0. The molecule has 0 atom stereocenters. The van der Waals surface area contributed by atoms with E-state index in [0.717, 1.165) is 42.1 Å². The number of benzene rings is 2. The highest BCUT2D eigenvalue weighted by Crippen LogP contribution is 2.36. The summed E-state index contributed by atoms with van der Waals surface area (Å²) in [6, 6.07) is 17.3. The molecule has 27 heavy (non-hydrogen) atoms. The quantitative estimate of drug-likeness (QED) is 0.419. The van der Waals surface area contributed by atoms with E-state index in [-0.39, 0.29) is 5.69 Å². The summed E-state index contributed by atoms with van der Waals surface area (Å²) in [6.45, 7) is 1.90. The smallest absolute Gasteiger partial charge is 0.365 e. The van der Waals surface area contributed by atoms with Crippen molar-refractivity contribution in [3.05, 3.63) is 65.3 Å². The van der Waals surface area contributed by atoms with Crippen molar-refractivity contribution < 1.29 is 9.53 Å². The number of carbonyl (C=O) groups is 1. The molecule has 2 aromatic carbocycles. The van der Waals surface area contributed by atoms with Crippen molar-refractivity contribution in [3.63, 3.8) is 0 Å². The average Bonchev–Trinajstić information content (AvgIpc) is 3.11. The van der Waals surface area contributed by atoms with Gasteiger partial charge in [0, 0.05) is 18.7 Å². The van der Waals surface area contributed by atoms with E-state index in [1.807, 2.05) is 48.5 Å². The van der Waals surface area contributed by atoms with Crippen LogP contribution in [-0.2, 0) is 0 Å². The predicted molar refractivity (Wildman–Crippen MR) is 110 cm³/mol. The molecule has 0 radical (unpaired) electrons. The number of esters is 1. The molecular weight excluding hydrogens is 380 g/mol. The molecule has 0 amide bonds. The van der Waals surface area contributed by atoms with E-state index in [9.17, 15) is 4.79 Å². The molecule has 138 valence electrons. The van der Waals surface area contributed by atoms with Gasteiger partial charge in [0.2, 0.25) is 0 Å². The summed E-state index contributed by atoms with van der Waals surface area (Å²) in [5.74, 6) is -0.0276. The Hall–Kier alpha value is -2.37. The topological polar surface area (TPSA) is 42.4 Å².